The van der Waals surface area contributed by atoms with E-state index in [0.717, 1.165) is 6.07 Å². The molecule has 0 aliphatic carbocycles. The summed E-state index contributed by atoms with van der Waals surface area (Å²) >= 11 is 0. The average Bonchev–Trinajstić information content (AvgIpc) is 3.13. The number of para-hydroxylation sites is 1. The van der Waals surface area contributed by atoms with Crippen molar-refractivity contribution in [2.75, 3.05) is 17.7 Å². The summed E-state index contributed by atoms with van der Waals surface area (Å²) in [7, 11) is 0. The first-order chi connectivity index (χ1) is 16.5. The lowest BCUT2D eigenvalue weighted by molar-refractivity contribution is 0.0756. The summed E-state index contributed by atoms with van der Waals surface area (Å²) in [6.07, 6.45) is 1.45. The molecule has 0 saturated carbocycles. The third kappa shape index (κ3) is 4.02. The van der Waals surface area contributed by atoms with E-state index in [2.05, 4.69) is 10.3 Å². The largest absolute Gasteiger partial charge is 0.454 e. The molecule has 1 aliphatic heterocycles. The maximum atomic E-state index is 14.7. The van der Waals surface area contributed by atoms with E-state index in [4.69, 9.17) is 15.2 Å². The maximum absolute atomic E-state index is 14.7. The normalized spacial score (nSPS) is 12.7. The number of anilines is 2. The molecular formula is C24H20FN5O4. The quantitative estimate of drug-likeness (QED) is 0.471. The predicted octanol–water partition coefficient (Wildman–Crippen LogP) is 3.33. The van der Waals surface area contributed by atoms with Crippen LogP contribution in [0, 0.1) is 5.82 Å². The summed E-state index contributed by atoms with van der Waals surface area (Å²) < 4.78 is 28.9. The van der Waals surface area contributed by atoms with Gasteiger partial charge in [-0.05, 0) is 30.3 Å². The zero-order valence-electron chi connectivity index (χ0n) is 17.9. The van der Waals surface area contributed by atoms with Crippen LogP contribution in [0.25, 0.3) is 5.69 Å². The third-order valence-electron chi connectivity index (χ3n) is 5.33. The Morgan fingerprint density at radius 3 is 2.74 bits per heavy atom. The smallest absolute Gasteiger partial charge is 0.284 e. The molecule has 0 bridgehead atoms. The summed E-state index contributed by atoms with van der Waals surface area (Å²) in [5, 5.41) is 2.61. The lowest BCUT2D eigenvalue weighted by Gasteiger charge is -2.19. The van der Waals surface area contributed by atoms with Crippen LogP contribution in [0.3, 0.4) is 0 Å². The van der Waals surface area contributed by atoms with Crippen molar-refractivity contribution in [2.24, 2.45) is 0 Å². The fourth-order valence-corrected chi connectivity index (χ4v) is 3.82. The van der Waals surface area contributed by atoms with Gasteiger partial charge in [-0.25, -0.2) is 14.1 Å². The number of nitrogens with two attached hydrogens (primary N) is 1. The number of nitrogens with one attached hydrogen (secondary N) is 1. The molecule has 1 aliphatic rings. The minimum absolute atomic E-state index is 0.0449. The number of nitrogen functional groups attached to an aromatic ring is 1. The van der Waals surface area contributed by atoms with Gasteiger partial charge in [-0.3, -0.25) is 14.3 Å². The molecular weight excluding hydrogens is 441 g/mol. The molecule has 34 heavy (non-hydrogen) atoms. The Balaban J connectivity index is 1.43. The molecule has 10 heteroatoms. The molecule has 0 radical (unpaired) electrons. The number of hydrogen-bond acceptors (Lipinski definition) is 6. The highest BCUT2D eigenvalue weighted by atomic mass is 19.1. The Labute approximate surface area is 193 Å². The van der Waals surface area contributed by atoms with E-state index in [0.29, 0.717) is 30.3 Å². The van der Waals surface area contributed by atoms with Crippen molar-refractivity contribution in [3.8, 4) is 17.2 Å². The van der Waals surface area contributed by atoms with E-state index in [1.165, 1.54) is 29.1 Å². The molecule has 0 unspecified atom stereocenters. The highest BCUT2D eigenvalue weighted by molar-refractivity contribution is 6.05. The van der Waals surface area contributed by atoms with Gasteiger partial charge in [-0.2, -0.15) is 0 Å². The first-order valence-electron chi connectivity index (χ1n) is 10.5. The van der Waals surface area contributed by atoms with Crippen molar-refractivity contribution >= 4 is 17.4 Å². The minimum atomic E-state index is -0.697. The number of amides is 1. The third-order valence-corrected chi connectivity index (χ3v) is 5.33. The number of ether oxygens (including phenoxy) is 2. The second kappa shape index (κ2) is 8.83. The number of benzene rings is 2. The van der Waals surface area contributed by atoms with Gasteiger partial charge in [0.25, 0.3) is 11.5 Å². The van der Waals surface area contributed by atoms with Crippen LogP contribution in [-0.4, -0.2) is 26.9 Å². The molecule has 2 aromatic carbocycles. The zero-order chi connectivity index (χ0) is 23.7. The molecule has 3 N–H and O–H groups in total. The van der Waals surface area contributed by atoms with E-state index in [-0.39, 0.29) is 29.4 Å². The SMILES string of the molecule is Nc1cc(Oc2ccc(NC(=O)c3c4n(n(-c5ccccc5)c3=O)CCOC4)cc2F)ccn1. The van der Waals surface area contributed by atoms with Gasteiger partial charge < -0.3 is 20.5 Å². The van der Waals surface area contributed by atoms with E-state index in [9.17, 15) is 14.0 Å². The molecule has 0 atom stereocenters. The number of pyridine rings is 1. The van der Waals surface area contributed by atoms with E-state index < -0.39 is 17.3 Å². The topological polar surface area (TPSA) is 113 Å². The van der Waals surface area contributed by atoms with E-state index in [1.807, 2.05) is 18.2 Å². The van der Waals surface area contributed by atoms with Gasteiger partial charge in [-0.15, -0.1) is 0 Å². The molecule has 172 valence electrons. The van der Waals surface area contributed by atoms with Crippen molar-refractivity contribution in [1.29, 1.82) is 0 Å². The van der Waals surface area contributed by atoms with E-state index >= 15 is 0 Å². The fraction of sp³-hybridized carbons (Fsp3) is 0.125. The molecule has 0 spiro atoms. The number of carbonyl (C=O) groups excluding carboxylic acids is 1. The van der Waals surface area contributed by atoms with Crippen LogP contribution in [0.4, 0.5) is 15.9 Å². The lowest BCUT2D eigenvalue weighted by Crippen LogP contribution is -2.26. The van der Waals surface area contributed by atoms with Crippen molar-refractivity contribution in [1.82, 2.24) is 14.3 Å². The van der Waals surface area contributed by atoms with Crippen LogP contribution in [0.5, 0.6) is 11.5 Å². The summed E-state index contributed by atoms with van der Waals surface area (Å²) in [4.78, 5) is 30.2. The van der Waals surface area contributed by atoms with E-state index in [1.54, 1.807) is 22.9 Å². The monoisotopic (exact) mass is 461 g/mol. The number of fused-ring (bicyclic) bond motifs is 1. The van der Waals surface area contributed by atoms with Crippen molar-refractivity contribution in [2.45, 2.75) is 13.2 Å². The number of nitrogens with zero attached hydrogens (tertiary/aromatic N) is 3. The van der Waals surface area contributed by atoms with Gasteiger partial charge >= 0.3 is 0 Å². The Bertz CT molecular complexity index is 1430. The molecule has 0 fully saturated rings. The number of halogens is 1. The molecule has 9 nitrogen and oxygen atoms in total. The van der Waals surface area contributed by atoms with Gasteiger partial charge in [-0.1, -0.05) is 18.2 Å². The lowest BCUT2D eigenvalue weighted by atomic mass is 10.2. The standard InChI is InChI=1S/C24H20FN5O4/c25-18-12-15(6-7-20(18)34-17-8-9-27-21(26)13-17)28-23(31)22-19-14-33-11-10-29(19)30(24(22)32)16-4-2-1-3-5-16/h1-9,12-13H,10-11,14H2,(H2,26,27)(H,28,31). The van der Waals surface area contributed by atoms with Gasteiger partial charge in [0.2, 0.25) is 0 Å². The van der Waals surface area contributed by atoms with Crippen LogP contribution < -0.4 is 21.3 Å². The van der Waals surface area contributed by atoms with Crippen molar-refractivity contribution < 1.29 is 18.7 Å². The van der Waals surface area contributed by atoms with Crippen LogP contribution in [0.1, 0.15) is 16.1 Å². The fourth-order valence-electron chi connectivity index (χ4n) is 3.82. The maximum Gasteiger partial charge on any atom is 0.284 e. The molecule has 2 aromatic heterocycles. The first-order valence-corrected chi connectivity index (χ1v) is 10.5. The van der Waals surface area contributed by atoms with Crippen molar-refractivity contribution in [3.63, 3.8) is 0 Å². The van der Waals surface area contributed by atoms with Crippen LogP contribution in [-0.2, 0) is 17.9 Å². The van der Waals surface area contributed by atoms with Gasteiger partial charge in [0.15, 0.2) is 11.6 Å². The number of rotatable bonds is 5. The number of aromatic nitrogens is 3. The van der Waals surface area contributed by atoms with Gasteiger partial charge in [0.1, 0.15) is 17.1 Å². The molecule has 1 amide bonds. The van der Waals surface area contributed by atoms with Crippen molar-refractivity contribution in [3.05, 3.63) is 94.3 Å². The van der Waals surface area contributed by atoms with Gasteiger partial charge in [0, 0.05) is 24.0 Å². The first kappa shape index (κ1) is 21.4. The second-order valence-electron chi connectivity index (χ2n) is 7.57. The zero-order valence-corrected chi connectivity index (χ0v) is 17.9. The Morgan fingerprint density at radius 1 is 1.15 bits per heavy atom. The number of carbonyl (C=O) groups is 1. The van der Waals surface area contributed by atoms with Gasteiger partial charge in [0.05, 0.1) is 31.1 Å². The minimum Gasteiger partial charge on any atom is -0.454 e. The predicted molar refractivity (Wildman–Crippen MR) is 123 cm³/mol. The van der Waals surface area contributed by atoms with Crippen LogP contribution in [0.15, 0.2) is 71.7 Å². The molecule has 5 rings (SSSR count). The summed E-state index contributed by atoms with van der Waals surface area (Å²) in [6, 6.07) is 16.0. The Morgan fingerprint density at radius 2 is 1.97 bits per heavy atom. The second-order valence-corrected chi connectivity index (χ2v) is 7.57. The Kier molecular flexibility index (Phi) is 5.56. The Hall–Kier alpha value is -4.44. The summed E-state index contributed by atoms with van der Waals surface area (Å²) in [5.74, 6) is -0.835. The highest BCUT2D eigenvalue weighted by Gasteiger charge is 2.28. The number of hydrogen-bond donors (Lipinski definition) is 2. The van der Waals surface area contributed by atoms with Crippen LogP contribution in [0.2, 0.25) is 0 Å². The van der Waals surface area contributed by atoms with Crippen LogP contribution >= 0.6 is 0 Å². The molecule has 4 aromatic rings. The highest BCUT2D eigenvalue weighted by Crippen LogP contribution is 2.27. The molecule has 3 heterocycles. The molecule has 0 saturated heterocycles. The average molecular weight is 461 g/mol. The summed E-state index contributed by atoms with van der Waals surface area (Å²) in [6.45, 7) is 0.964. The summed E-state index contributed by atoms with van der Waals surface area (Å²) in [5.41, 5.74) is 6.37.